The number of imidazole rings is 1. The van der Waals surface area contributed by atoms with E-state index in [1.54, 1.807) is 18.2 Å². The molecule has 5 aromatic rings. The summed E-state index contributed by atoms with van der Waals surface area (Å²) >= 11 is 1.44. The molecule has 3 aromatic carbocycles. The van der Waals surface area contributed by atoms with E-state index >= 15 is 4.39 Å². The number of aromatic nitrogens is 4. The molecular formula is C43H50F2N8O7S. The molecule has 2 aromatic heterocycles. The smallest absolute Gasteiger partial charge is 0.257 e. The van der Waals surface area contributed by atoms with Gasteiger partial charge in [-0.1, -0.05) is 12.1 Å². The maximum Gasteiger partial charge on any atom is 0.257 e. The molecular weight excluding hydrogens is 811 g/mol. The van der Waals surface area contributed by atoms with Gasteiger partial charge in [0.05, 0.1) is 63.0 Å². The van der Waals surface area contributed by atoms with Gasteiger partial charge in [-0.25, -0.2) is 23.7 Å². The molecule has 324 valence electrons. The zero-order valence-electron chi connectivity index (χ0n) is 34.5. The Bertz CT molecular complexity index is 2260. The summed E-state index contributed by atoms with van der Waals surface area (Å²) in [4.78, 5) is 62.3. The minimum Gasteiger partial charge on any atom is -0.382 e. The van der Waals surface area contributed by atoms with Gasteiger partial charge in [0.15, 0.2) is 17.9 Å². The summed E-state index contributed by atoms with van der Waals surface area (Å²) in [6.45, 7) is 9.00. The van der Waals surface area contributed by atoms with Gasteiger partial charge in [0.25, 0.3) is 5.91 Å². The Hall–Kier alpha value is -5.66. The van der Waals surface area contributed by atoms with Crippen LogP contribution in [-0.2, 0) is 23.8 Å². The van der Waals surface area contributed by atoms with Crippen molar-refractivity contribution in [2.75, 3.05) is 70.4 Å². The maximum atomic E-state index is 15.1. The van der Waals surface area contributed by atoms with E-state index in [2.05, 4.69) is 30.3 Å². The highest BCUT2D eigenvalue weighted by molar-refractivity contribution is 7.97. The number of likely N-dealkylation sites (N-methyl/N-ethyl adjacent to an activating group) is 1. The van der Waals surface area contributed by atoms with E-state index in [1.807, 2.05) is 49.6 Å². The highest BCUT2D eigenvalue weighted by Gasteiger charge is 2.25. The number of rotatable bonds is 26. The van der Waals surface area contributed by atoms with Crippen LogP contribution in [0, 0.1) is 18.6 Å². The number of carbonyl (C=O) groups is 4. The Morgan fingerprint density at radius 2 is 1.62 bits per heavy atom. The van der Waals surface area contributed by atoms with Crippen LogP contribution in [0.3, 0.4) is 0 Å². The third-order valence-electron chi connectivity index (χ3n) is 9.41. The Morgan fingerprint density at radius 3 is 2.30 bits per heavy atom. The molecule has 0 saturated heterocycles. The minimum atomic E-state index is -0.796. The van der Waals surface area contributed by atoms with Gasteiger partial charge in [0.1, 0.15) is 29.6 Å². The van der Waals surface area contributed by atoms with Gasteiger partial charge in [-0.15, -0.1) is 0 Å². The number of nitrogens with zero attached hydrogens (tertiary/aromatic N) is 5. The fourth-order valence-corrected chi connectivity index (χ4v) is 7.07. The predicted molar refractivity (Wildman–Crippen MR) is 229 cm³/mol. The maximum absolute atomic E-state index is 15.1. The lowest BCUT2D eigenvalue weighted by molar-refractivity contribution is -0.112. The van der Waals surface area contributed by atoms with Crippen LogP contribution >= 0.6 is 11.9 Å². The Morgan fingerprint density at radius 1 is 0.918 bits per heavy atom. The molecule has 2 heterocycles. The number of ether oxygens (including phenoxy) is 3. The first-order valence-corrected chi connectivity index (χ1v) is 20.6. The molecule has 0 bridgehead atoms. The standard InChI is InChI=1S/C43H50F2N8O7S/c1-28(2)53-29(3)49-41-35(44)23-31(24-38(41)53)40-36(45)25-47-43(51-40)50-32-10-12-34(13-11-32)61-48-15-18-59-20-22-60-21-19-58-17-14-46-37-9-5-7-30(26-55)39(37)42(57)52(4)33(27-56)8-6-16-54/h5,7,9-13,16,23-28,33,46,48H,6,8,14-15,17-22H2,1-4H3,(H,47,50,51). The van der Waals surface area contributed by atoms with Crippen molar-refractivity contribution < 1.29 is 42.2 Å². The van der Waals surface area contributed by atoms with Crippen molar-refractivity contribution in [1.82, 2.24) is 29.1 Å². The van der Waals surface area contributed by atoms with E-state index in [1.165, 1.54) is 36.0 Å². The first-order chi connectivity index (χ1) is 29.6. The zero-order chi connectivity index (χ0) is 43.7. The van der Waals surface area contributed by atoms with Crippen molar-refractivity contribution in [3.63, 3.8) is 0 Å². The second kappa shape index (κ2) is 23.4. The molecule has 1 amide bonds. The lowest BCUT2D eigenvalue weighted by atomic mass is 10.0. The topological polar surface area (TPSA) is 179 Å². The van der Waals surface area contributed by atoms with Crippen molar-refractivity contribution in [1.29, 1.82) is 0 Å². The molecule has 0 fully saturated rings. The highest BCUT2D eigenvalue weighted by Crippen LogP contribution is 2.31. The fraction of sp³-hybridized carbons (Fsp3) is 0.372. The van der Waals surface area contributed by atoms with Crippen molar-refractivity contribution in [3.8, 4) is 11.3 Å². The van der Waals surface area contributed by atoms with E-state index in [0.29, 0.717) is 94.3 Å². The second-order valence-corrected chi connectivity index (χ2v) is 15.0. The third-order valence-corrected chi connectivity index (χ3v) is 10.3. The van der Waals surface area contributed by atoms with Gasteiger partial charge >= 0.3 is 0 Å². The number of aryl methyl sites for hydroxylation is 1. The number of benzene rings is 3. The van der Waals surface area contributed by atoms with Gasteiger partial charge < -0.3 is 43.9 Å². The minimum absolute atomic E-state index is 0.0231. The Kier molecular flexibility index (Phi) is 17.8. The predicted octanol–water partition coefficient (Wildman–Crippen LogP) is 6.59. The van der Waals surface area contributed by atoms with Crippen LogP contribution in [0.4, 0.5) is 26.1 Å². The summed E-state index contributed by atoms with van der Waals surface area (Å²) < 4.78 is 52.0. The number of anilines is 3. The zero-order valence-corrected chi connectivity index (χ0v) is 35.3. The number of aldehydes is 3. The number of amides is 1. The molecule has 18 heteroatoms. The summed E-state index contributed by atoms with van der Waals surface area (Å²) in [5.41, 5.74) is 2.51. The van der Waals surface area contributed by atoms with Gasteiger partial charge in [0, 0.05) is 60.0 Å². The van der Waals surface area contributed by atoms with E-state index < -0.39 is 23.6 Å². The van der Waals surface area contributed by atoms with E-state index in [0.717, 1.165) is 11.1 Å². The molecule has 0 aliphatic rings. The summed E-state index contributed by atoms with van der Waals surface area (Å²) in [6, 6.07) is 14.5. The average Bonchev–Trinajstić information content (AvgIpc) is 3.61. The number of hydrogen-bond acceptors (Lipinski definition) is 14. The first kappa shape index (κ1) is 46.4. The molecule has 0 radical (unpaired) electrons. The number of nitrogens with one attached hydrogen (secondary N) is 3. The molecule has 61 heavy (non-hydrogen) atoms. The second-order valence-electron chi connectivity index (χ2n) is 14.0. The summed E-state index contributed by atoms with van der Waals surface area (Å²) in [5, 5.41) is 6.21. The molecule has 5 rings (SSSR count). The number of fused-ring (bicyclic) bond motifs is 1. The summed E-state index contributed by atoms with van der Waals surface area (Å²) in [7, 11) is 1.47. The fourth-order valence-electron chi connectivity index (χ4n) is 6.44. The molecule has 0 aliphatic heterocycles. The molecule has 15 nitrogen and oxygen atoms in total. The van der Waals surface area contributed by atoms with Crippen LogP contribution < -0.4 is 15.4 Å². The number of halogens is 2. The van der Waals surface area contributed by atoms with Gasteiger partial charge in [-0.2, -0.15) is 0 Å². The lowest BCUT2D eigenvalue weighted by Gasteiger charge is -2.25. The van der Waals surface area contributed by atoms with Crippen LogP contribution in [0.1, 0.15) is 59.3 Å². The highest BCUT2D eigenvalue weighted by atomic mass is 32.2. The Balaban J connectivity index is 0.947. The largest absolute Gasteiger partial charge is 0.382 e. The Labute approximate surface area is 357 Å². The third kappa shape index (κ3) is 12.7. The van der Waals surface area contributed by atoms with Gasteiger partial charge in [-0.3, -0.25) is 14.3 Å². The average molecular weight is 861 g/mol. The van der Waals surface area contributed by atoms with Crippen molar-refractivity contribution in [2.24, 2.45) is 0 Å². The quantitative estimate of drug-likeness (QED) is 0.0308. The van der Waals surface area contributed by atoms with Crippen LogP contribution in [0.5, 0.6) is 0 Å². The molecule has 1 atom stereocenters. The van der Waals surface area contributed by atoms with Crippen LogP contribution in [0.25, 0.3) is 22.3 Å². The number of carbonyl (C=O) groups excluding carboxylic acids is 4. The van der Waals surface area contributed by atoms with Gasteiger partial charge in [0.2, 0.25) is 5.95 Å². The SMILES string of the molecule is Cc1nc2c(F)cc(-c3nc(Nc4ccc(SNCCOCCOCCOCCNc5cccc(C=O)c5C(=O)N(C)C(C=O)CCC=O)cc4)ncc3F)cc2n1C(C)C. The van der Waals surface area contributed by atoms with E-state index in [4.69, 9.17) is 14.2 Å². The lowest BCUT2D eigenvalue weighted by Crippen LogP contribution is -2.39. The molecule has 3 N–H and O–H groups in total. The molecule has 0 spiro atoms. The van der Waals surface area contributed by atoms with E-state index in [9.17, 15) is 23.6 Å². The van der Waals surface area contributed by atoms with E-state index in [-0.39, 0.29) is 52.7 Å². The normalized spacial score (nSPS) is 11.8. The molecule has 1 unspecified atom stereocenters. The van der Waals surface area contributed by atoms with Crippen LogP contribution in [0.15, 0.2) is 65.7 Å². The van der Waals surface area contributed by atoms with Crippen LogP contribution in [-0.4, -0.2) is 115 Å². The summed E-state index contributed by atoms with van der Waals surface area (Å²) in [5.74, 6) is -0.891. The van der Waals surface area contributed by atoms with Gasteiger partial charge in [-0.05, 0) is 81.6 Å². The van der Waals surface area contributed by atoms with Crippen LogP contribution in [0.2, 0.25) is 0 Å². The monoisotopic (exact) mass is 860 g/mol. The van der Waals surface area contributed by atoms with Crippen molar-refractivity contribution in [2.45, 2.75) is 50.6 Å². The molecule has 0 saturated carbocycles. The number of hydrogen-bond donors (Lipinski definition) is 3. The summed E-state index contributed by atoms with van der Waals surface area (Å²) in [6.07, 6.45) is 3.28. The molecule has 0 aliphatic carbocycles. The first-order valence-electron chi connectivity index (χ1n) is 19.7. The van der Waals surface area contributed by atoms with Crippen molar-refractivity contribution >= 4 is 65.1 Å². The van der Waals surface area contributed by atoms with Crippen molar-refractivity contribution in [3.05, 3.63) is 89.4 Å².